The van der Waals surface area contributed by atoms with Crippen LogP contribution in [0.25, 0.3) is 0 Å². The number of aldehydes is 1. The third-order valence-corrected chi connectivity index (χ3v) is 4.00. The molecule has 0 fully saturated rings. The monoisotopic (exact) mass is 320 g/mol. The number of benzene rings is 2. The number of phosphoric acid groups is 1. The quantitative estimate of drug-likeness (QED) is 0.393. The zero-order chi connectivity index (χ0) is 15.7. The van der Waals surface area contributed by atoms with Gasteiger partial charge in [-0.2, -0.15) is 0 Å². The number of rotatable bonds is 9. The van der Waals surface area contributed by atoms with E-state index in [-0.39, 0.29) is 6.61 Å². The Morgan fingerprint density at radius 3 is 1.82 bits per heavy atom. The lowest BCUT2D eigenvalue weighted by Gasteiger charge is -2.18. The van der Waals surface area contributed by atoms with Gasteiger partial charge in [-0.3, -0.25) is 4.52 Å². The second-order valence-electron chi connectivity index (χ2n) is 4.40. The second-order valence-corrected chi connectivity index (χ2v) is 5.92. The fourth-order valence-electron chi connectivity index (χ4n) is 1.64. The van der Waals surface area contributed by atoms with E-state index in [1.165, 1.54) is 0 Å². The average molecular weight is 320 g/mol. The predicted octanol–water partition coefficient (Wildman–Crippen LogP) is 4.25. The Hall–Kier alpha value is -2.10. The first-order valence-corrected chi connectivity index (χ1v) is 8.35. The zero-order valence-corrected chi connectivity index (χ0v) is 12.9. The third kappa shape index (κ3) is 5.35. The van der Waals surface area contributed by atoms with Crippen LogP contribution in [0, 0.1) is 0 Å². The maximum absolute atomic E-state index is 12.8. The molecule has 0 heterocycles. The summed E-state index contributed by atoms with van der Waals surface area (Å²) in [6.07, 6.45) is 1.56. The highest BCUT2D eigenvalue weighted by molar-refractivity contribution is 7.49. The van der Waals surface area contributed by atoms with Crippen molar-refractivity contribution in [1.82, 2.24) is 0 Å². The number of hydrogen-bond acceptors (Lipinski definition) is 5. The van der Waals surface area contributed by atoms with Crippen LogP contribution in [0.15, 0.2) is 60.7 Å². The Balaban J connectivity index is 2.08. The first-order chi connectivity index (χ1) is 10.7. The van der Waals surface area contributed by atoms with Crippen LogP contribution in [0.4, 0.5) is 0 Å². The fraction of sp³-hybridized carbons (Fsp3) is 0.188. The molecule has 2 aromatic carbocycles. The minimum Gasteiger partial charge on any atom is -0.395 e. The summed E-state index contributed by atoms with van der Waals surface area (Å²) in [5, 5.41) is 0. The van der Waals surface area contributed by atoms with Crippen LogP contribution in [0.5, 0.6) is 11.5 Å². The van der Waals surface area contributed by atoms with Crippen molar-refractivity contribution in [3.8, 4) is 11.5 Å². The van der Waals surface area contributed by atoms with Crippen LogP contribution in [0.3, 0.4) is 0 Å². The smallest absolute Gasteiger partial charge is 0.395 e. The molecule has 0 N–H and O–H groups in total. The number of para-hydroxylation sites is 2. The van der Waals surface area contributed by atoms with Crippen molar-refractivity contribution in [3.05, 3.63) is 60.7 Å². The number of carbonyl (C=O) groups excluding carboxylic acids is 1. The van der Waals surface area contributed by atoms with E-state index in [0.717, 1.165) is 6.29 Å². The molecule has 116 valence electrons. The van der Waals surface area contributed by atoms with Gasteiger partial charge < -0.3 is 13.8 Å². The lowest BCUT2D eigenvalue weighted by atomic mass is 10.3. The molecule has 0 aliphatic heterocycles. The van der Waals surface area contributed by atoms with Crippen molar-refractivity contribution in [2.75, 3.05) is 6.61 Å². The Kier molecular flexibility index (Phi) is 6.19. The van der Waals surface area contributed by atoms with Crippen molar-refractivity contribution in [2.24, 2.45) is 0 Å². The van der Waals surface area contributed by atoms with Gasteiger partial charge in [-0.05, 0) is 30.7 Å². The molecular formula is C16H17O5P. The number of carbonyl (C=O) groups is 1. The minimum atomic E-state index is -3.82. The Labute approximate surface area is 129 Å². The fourth-order valence-corrected chi connectivity index (χ4v) is 2.89. The standard InChI is InChI=1S/C16H17O5P/c17-13-7-8-14-19-22(18,20-15-9-3-1-4-10-15)21-16-11-5-2-6-12-16/h1-6,9-13H,7-8,14H2. The van der Waals surface area contributed by atoms with Gasteiger partial charge in [0.15, 0.2) is 0 Å². The molecular weight excluding hydrogens is 303 g/mol. The molecule has 5 nitrogen and oxygen atoms in total. The van der Waals surface area contributed by atoms with Gasteiger partial charge >= 0.3 is 7.82 Å². The summed E-state index contributed by atoms with van der Waals surface area (Å²) in [6, 6.07) is 17.3. The van der Waals surface area contributed by atoms with Crippen LogP contribution in [-0.2, 0) is 13.9 Å². The van der Waals surface area contributed by atoms with E-state index in [1.54, 1.807) is 48.5 Å². The summed E-state index contributed by atoms with van der Waals surface area (Å²) in [4.78, 5) is 10.3. The molecule has 0 saturated carbocycles. The predicted molar refractivity (Wildman–Crippen MR) is 83.0 cm³/mol. The van der Waals surface area contributed by atoms with Crippen LogP contribution >= 0.6 is 7.82 Å². The van der Waals surface area contributed by atoms with Crippen LogP contribution < -0.4 is 9.05 Å². The Morgan fingerprint density at radius 2 is 1.36 bits per heavy atom. The summed E-state index contributed by atoms with van der Waals surface area (Å²) >= 11 is 0. The molecule has 0 atom stereocenters. The maximum Gasteiger partial charge on any atom is 0.587 e. The molecule has 0 saturated heterocycles. The van der Waals surface area contributed by atoms with Crippen molar-refractivity contribution in [2.45, 2.75) is 12.8 Å². The molecule has 0 bridgehead atoms. The number of unbranched alkanes of at least 4 members (excludes halogenated alkanes) is 1. The Bertz CT molecular complexity index is 569. The van der Waals surface area contributed by atoms with E-state index in [0.29, 0.717) is 24.3 Å². The van der Waals surface area contributed by atoms with Gasteiger partial charge in [0.25, 0.3) is 0 Å². The molecule has 2 aromatic rings. The van der Waals surface area contributed by atoms with Crippen molar-refractivity contribution in [3.63, 3.8) is 0 Å². The van der Waals surface area contributed by atoms with Crippen molar-refractivity contribution in [1.29, 1.82) is 0 Å². The number of hydrogen-bond donors (Lipinski definition) is 0. The lowest BCUT2D eigenvalue weighted by Crippen LogP contribution is -2.06. The first kappa shape index (κ1) is 16.3. The molecule has 0 aromatic heterocycles. The molecule has 0 amide bonds. The van der Waals surface area contributed by atoms with Crippen LogP contribution in [0.1, 0.15) is 12.8 Å². The van der Waals surface area contributed by atoms with Gasteiger partial charge in [-0.1, -0.05) is 36.4 Å². The van der Waals surface area contributed by atoms with E-state index >= 15 is 0 Å². The van der Waals surface area contributed by atoms with Gasteiger partial charge in [0, 0.05) is 6.42 Å². The highest BCUT2D eigenvalue weighted by atomic mass is 31.2. The summed E-state index contributed by atoms with van der Waals surface area (Å²) in [6.45, 7) is 0.107. The molecule has 0 aliphatic carbocycles. The van der Waals surface area contributed by atoms with Gasteiger partial charge in [0.1, 0.15) is 17.8 Å². The molecule has 0 spiro atoms. The van der Waals surface area contributed by atoms with Gasteiger partial charge in [0.2, 0.25) is 0 Å². The maximum atomic E-state index is 12.8. The highest BCUT2D eigenvalue weighted by Gasteiger charge is 2.30. The molecule has 2 rings (SSSR count). The highest BCUT2D eigenvalue weighted by Crippen LogP contribution is 2.49. The average Bonchev–Trinajstić information content (AvgIpc) is 2.53. The lowest BCUT2D eigenvalue weighted by molar-refractivity contribution is -0.108. The largest absolute Gasteiger partial charge is 0.587 e. The van der Waals surface area contributed by atoms with Crippen LogP contribution in [0.2, 0.25) is 0 Å². The van der Waals surface area contributed by atoms with Gasteiger partial charge in [0.05, 0.1) is 6.61 Å². The second kappa shape index (κ2) is 8.37. The summed E-state index contributed by atoms with van der Waals surface area (Å²) < 4.78 is 28.9. The summed E-state index contributed by atoms with van der Waals surface area (Å²) in [5.74, 6) is 0.773. The van der Waals surface area contributed by atoms with Gasteiger partial charge in [-0.15, -0.1) is 0 Å². The molecule has 0 radical (unpaired) electrons. The van der Waals surface area contributed by atoms with Crippen LogP contribution in [-0.4, -0.2) is 12.9 Å². The molecule has 0 aliphatic rings. The number of phosphoric ester groups is 1. The molecule has 6 heteroatoms. The first-order valence-electron chi connectivity index (χ1n) is 6.89. The van der Waals surface area contributed by atoms with E-state index < -0.39 is 7.82 Å². The molecule has 22 heavy (non-hydrogen) atoms. The minimum absolute atomic E-state index is 0.107. The van der Waals surface area contributed by atoms with E-state index in [4.69, 9.17) is 13.6 Å². The summed E-state index contributed by atoms with van der Waals surface area (Å²) in [7, 11) is -3.82. The Morgan fingerprint density at radius 1 is 0.864 bits per heavy atom. The zero-order valence-electron chi connectivity index (χ0n) is 12.0. The van der Waals surface area contributed by atoms with Crippen molar-refractivity contribution >= 4 is 14.1 Å². The van der Waals surface area contributed by atoms with Gasteiger partial charge in [-0.25, -0.2) is 4.57 Å². The topological polar surface area (TPSA) is 61.8 Å². The van der Waals surface area contributed by atoms with E-state index in [1.807, 2.05) is 12.1 Å². The molecule has 0 unspecified atom stereocenters. The van der Waals surface area contributed by atoms with Crippen molar-refractivity contribution < 1.29 is 22.9 Å². The summed E-state index contributed by atoms with van der Waals surface area (Å²) in [5.41, 5.74) is 0. The normalized spacial score (nSPS) is 10.9. The van der Waals surface area contributed by atoms with E-state index in [9.17, 15) is 9.36 Å². The van der Waals surface area contributed by atoms with E-state index in [2.05, 4.69) is 0 Å². The SMILES string of the molecule is O=CCCCOP(=O)(Oc1ccccc1)Oc1ccccc1. The third-order valence-electron chi connectivity index (χ3n) is 2.64.